The molecular weight excluding hydrogens is 396 g/mol. The van der Waals surface area contributed by atoms with E-state index < -0.39 is 0 Å². The van der Waals surface area contributed by atoms with Crippen LogP contribution in [0.15, 0.2) is 58.1 Å². The molecule has 1 aliphatic rings. The van der Waals surface area contributed by atoms with Crippen LogP contribution in [0.4, 0.5) is 0 Å². The van der Waals surface area contributed by atoms with E-state index in [1.807, 2.05) is 55.5 Å². The number of hydrazone groups is 1. The van der Waals surface area contributed by atoms with Crippen molar-refractivity contribution in [2.75, 3.05) is 6.61 Å². The Hall–Kier alpha value is -2.22. The van der Waals surface area contributed by atoms with Crippen LogP contribution in [0.3, 0.4) is 0 Å². The predicted octanol–water partition coefficient (Wildman–Crippen LogP) is 2.91. The van der Waals surface area contributed by atoms with Crippen LogP contribution in [-0.2, 0) is 4.79 Å². The Bertz CT molecular complexity index is 797. The maximum atomic E-state index is 12.3. The Kier molecular flexibility index (Phi) is 6.38. The normalized spacial score (nSPS) is 19.6. The number of carbonyl (C=O) groups excluding carboxylic acids is 1. The van der Waals surface area contributed by atoms with Crippen LogP contribution in [0.5, 0.6) is 5.75 Å². The average molecular weight is 417 g/mol. The number of nitrogens with one attached hydrogen (secondary N) is 3. The molecule has 0 bridgehead atoms. The molecule has 2 atom stereocenters. The van der Waals surface area contributed by atoms with Crippen LogP contribution >= 0.6 is 15.9 Å². The zero-order valence-corrected chi connectivity index (χ0v) is 16.0. The first-order chi connectivity index (χ1) is 12.7. The van der Waals surface area contributed by atoms with Gasteiger partial charge in [-0.15, -0.1) is 0 Å². The average Bonchev–Trinajstić information content (AvgIpc) is 3.12. The monoisotopic (exact) mass is 416 g/mol. The second kappa shape index (κ2) is 8.93. The van der Waals surface area contributed by atoms with Crippen LogP contribution in [0.25, 0.3) is 0 Å². The second-order valence-corrected chi connectivity index (χ2v) is 6.81. The van der Waals surface area contributed by atoms with E-state index in [9.17, 15) is 4.79 Å². The van der Waals surface area contributed by atoms with Crippen LogP contribution in [0.2, 0.25) is 0 Å². The molecule has 0 saturated carbocycles. The number of rotatable bonds is 6. The van der Waals surface area contributed by atoms with E-state index in [1.54, 1.807) is 6.21 Å². The van der Waals surface area contributed by atoms with Gasteiger partial charge in [-0.1, -0.05) is 46.3 Å². The van der Waals surface area contributed by atoms with Crippen molar-refractivity contribution in [3.8, 4) is 5.75 Å². The Balaban J connectivity index is 1.57. The number of benzene rings is 2. The van der Waals surface area contributed by atoms with Gasteiger partial charge in [0.15, 0.2) is 0 Å². The fourth-order valence-electron chi connectivity index (χ4n) is 2.82. The van der Waals surface area contributed by atoms with Crippen LogP contribution in [-0.4, -0.2) is 24.8 Å². The van der Waals surface area contributed by atoms with Crippen molar-refractivity contribution in [3.63, 3.8) is 0 Å². The van der Waals surface area contributed by atoms with E-state index in [1.165, 1.54) is 0 Å². The van der Waals surface area contributed by atoms with Crippen LogP contribution < -0.4 is 21.0 Å². The van der Waals surface area contributed by atoms with Crippen molar-refractivity contribution in [2.24, 2.45) is 5.10 Å². The highest BCUT2D eigenvalue weighted by atomic mass is 79.9. The number of amides is 1. The van der Waals surface area contributed by atoms with Gasteiger partial charge in [-0.05, 0) is 37.1 Å². The van der Waals surface area contributed by atoms with Crippen molar-refractivity contribution >= 4 is 28.1 Å². The molecular formula is C19H21BrN4O2. The smallest absolute Gasteiger partial charge is 0.258 e. The molecule has 26 heavy (non-hydrogen) atoms. The minimum atomic E-state index is -0.366. The molecule has 2 aromatic rings. The fourth-order valence-corrected chi connectivity index (χ4v) is 3.24. The summed E-state index contributed by atoms with van der Waals surface area (Å²) in [6.45, 7) is 2.56. The molecule has 1 saturated heterocycles. The van der Waals surface area contributed by atoms with Gasteiger partial charge in [0.25, 0.3) is 5.91 Å². The van der Waals surface area contributed by atoms with Gasteiger partial charge in [0.05, 0.1) is 18.9 Å². The summed E-state index contributed by atoms with van der Waals surface area (Å²) >= 11 is 3.40. The zero-order valence-electron chi connectivity index (χ0n) is 14.4. The molecule has 2 aromatic carbocycles. The minimum absolute atomic E-state index is 0.00237. The molecule has 0 spiro atoms. The standard InChI is InChI=1S/C19H21BrN4O2/c1-2-26-18-9-4-3-8-15(18)16-11-17(23-22-16)19(25)24-21-12-13-6-5-7-14(20)10-13/h3-10,12,16-17,22-23H,2,11H2,1H3,(H,24,25)/b21-12-. The third kappa shape index (κ3) is 4.69. The molecule has 1 amide bonds. The largest absolute Gasteiger partial charge is 0.494 e. The SMILES string of the molecule is CCOc1ccccc1C1CC(C(=O)N/N=C\c2cccc(Br)c2)NN1. The molecule has 0 radical (unpaired) electrons. The van der Waals surface area contributed by atoms with Crippen molar-refractivity contribution in [1.29, 1.82) is 0 Å². The van der Waals surface area contributed by atoms with Crippen LogP contribution in [0, 0.1) is 0 Å². The van der Waals surface area contributed by atoms with Crippen molar-refractivity contribution in [1.82, 2.24) is 16.3 Å². The first-order valence-corrected chi connectivity index (χ1v) is 9.28. The summed E-state index contributed by atoms with van der Waals surface area (Å²) in [6.07, 6.45) is 2.23. The lowest BCUT2D eigenvalue weighted by Crippen LogP contribution is -2.41. The number of hydrogen-bond acceptors (Lipinski definition) is 5. The highest BCUT2D eigenvalue weighted by Crippen LogP contribution is 2.30. The molecule has 0 aromatic heterocycles. The Morgan fingerprint density at radius 2 is 2.15 bits per heavy atom. The summed E-state index contributed by atoms with van der Waals surface area (Å²) in [5, 5.41) is 4.03. The first-order valence-electron chi connectivity index (χ1n) is 8.48. The summed E-state index contributed by atoms with van der Waals surface area (Å²) in [4.78, 5) is 12.3. The van der Waals surface area contributed by atoms with Gasteiger partial charge in [-0.3, -0.25) is 4.79 Å². The molecule has 3 rings (SSSR count). The topological polar surface area (TPSA) is 74.8 Å². The Morgan fingerprint density at radius 3 is 2.96 bits per heavy atom. The number of ether oxygens (including phenoxy) is 1. The van der Waals surface area contributed by atoms with Gasteiger partial charge >= 0.3 is 0 Å². The zero-order chi connectivity index (χ0) is 18.4. The van der Waals surface area contributed by atoms with E-state index in [-0.39, 0.29) is 18.0 Å². The highest BCUT2D eigenvalue weighted by molar-refractivity contribution is 9.10. The van der Waals surface area contributed by atoms with E-state index in [0.29, 0.717) is 13.0 Å². The summed E-state index contributed by atoms with van der Waals surface area (Å²) in [5.41, 5.74) is 10.7. The maximum absolute atomic E-state index is 12.3. The quantitative estimate of drug-likeness (QED) is 0.499. The van der Waals surface area contributed by atoms with Gasteiger partial charge in [0.1, 0.15) is 11.8 Å². The number of hydrazine groups is 1. The maximum Gasteiger partial charge on any atom is 0.258 e. The summed E-state index contributed by atoms with van der Waals surface area (Å²) < 4.78 is 6.64. The molecule has 1 fully saturated rings. The van der Waals surface area contributed by atoms with E-state index in [0.717, 1.165) is 21.3 Å². The third-order valence-corrected chi connectivity index (χ3v) is 4.54. The molecule has 6 nitrogen and oxygen atoms in total. The molecule has 136 valence electrons. The lowest BCUT2D eigenvalue weighted by atomic mass is 10.0. The molecule has 0 aliphatic carbocycles. The van der Waals surface area contributed by atoms with Gasteiger partial charge in [-0.25, -0.2) is 16.3 Å². The van der Waals surface area contributed by atoms with E-state index in [2.05, 4.69) is 37.3 Å². The van der Waals surface area contributed by atoms with Crippen molar-refractivity contribution in [3.05, 3.63) is 64.1 Å². The fraction of sp³-hybridized carbons (Fsp3) is 0.263. The lowest BCUT2D eigenvalue weighted by Gasteiger charge is -2.15. The highest BCUT2D eigenvalue weighted by Gasteiger charge is 2.31. The summed E-state index contributed by atoms with van der Waals surface area (Å²) in [7, 11) is 0. The number of para-hydroxylation sites is 1. The molecule has 1 heterocycles. The Labute approximate surface area is 161 Å². The van der Waals surface area contributed by atoms with Crippen molar-refractivity contribution < 1.29 is 9.53 Å². The number of halogens is 1. The molecule has 2 unspecified atom stereocenters. The minimum Gasteiger partial charge on any atom is -0.494 e. The van der Waals surface area contributed by atoms with Gasteiger partial charge in [0, 0.05) is 10.0 Å². The van der Waals surface area contributed by atoms with Gasteiger partial charge < -0.3 is 4.74 Å². The predicted molar refractivity (Wildman–Crippen MR) is 105 cm³/mol. The first kappa shape index (κ1) is 18.6. The summed E-state index contributed by atoms with van der Waals surface area (Å²) in [5.74, 6) is 0.656. The number of nitrogens with zero attached hydrogens (tertiary/aromatic N) is 1. The Morgan fingerprint density at radius 1 is 1.31 bits per heavy atom. The van der Waals surface area contributed by atoms with Gasteiger partial charge in [0.2, 0.25) is 0 Å². The van der Waals surface area contributed by atoms with Gasteiger partial charge in [-0.2, -0.15) is 5.10 Å². The molecule has 3 N–H and O–H groups in total. The molecule has 1 aliphatic heterocycles. The van der Waals surface area contributed by atoms with Crippen LogP contribution in [0.1, 0.15) is 30.5 Å². The number of carbonyl (C=O) groups is 1. The van der Waals surface area contributed by atoms with E-state index in [4.69, 9.17) is 4.74 Å². The second-order valence-electron chi connectivity index (χ2n) is 5.89. The third-order valence-electron chi connectivity index (χ3n) is 4.05. The van der Waals surface area contributed by atoms with E-state index >= 15 is 0 Å². The molecule has 7 heteroatoms. The lowest BCUT2D eigenvalue weighted by molar-refractivity contribution is -0.122. The summed E-state index contributed by atoms with van der Waals surface area (Å²) in [6, 6.07) is 15.2. The number of hydrogen-bond donors (Lipinski definition) is 3. The van der Waals surface area contributed by atoms with Crippen molar-refractivity contribution in [2.45, 2.75) is 25.4 Å².